The summed E-state index contributed by atoms with van der Waals surface area (Å²) in [6.07, 6.45) is 1.68. The van der Waals surface area contributed by atoms with Gasteiger partial charge < -0.3 is 14.8 Å². The molecule has 0 aliphatic carbocycles. The summed E-state index contributed by atoms with van der Waals surface area (Å²) in [5, 5.41) is 2.87. The van der Waals surface area contributed by atoms with Crippen molar-refractivity contribution in [1.82, 2.24) is 5.32 Å². The molecule has 5 nitrogen and oxygen atoms in total. The molecule has 34 heavy (non-hydrogen) atoms. The van der Waals surface area contributed by atoms with Crippen molar-refractivity contribution in [3.05, 3.63) is 97.9 Å². The van der Waals surface area contributed by atoms with Gasteiger partial charge in [-0.15, -0.1) is 0 Å². The molecule has 178 valence electrons. The Labute approximate surface area is 217 Å². The number of hydrogen-bond donors (Lipinski definition) is 1. The van der Waals surface area contributed by atoms with E-state index in [1.807, 2.05) is 44.2 Å². The largest absolute Gasteiger partial charge is 0.487 e. The fourth-order valence-electron chi connectivity index (χ4n) is 3.35. The monoisotopic (exact) mass is 587 g/mol. The molecule has 0 saturated heterocycles. The Bertz CT molecular complexity index is 1090. The van der Waals surface area contributed by atoms with Gasteiger partial charge in [0.1, 0.15) is 12.4 Å². The lowest BCUT2D eigenvalue weighted by Gasteiger charge is -2.14. The number of carbonyl (C=O) groups is 2. The van der Waals surface area contributed by atoms with Gasteiger partial charge in [0, 0.05) is 6.04 Å². The van der Waals surface area contributed by atoms with E-state index in [2.05, 4.69) is 49.3 Å². The summed E-state index contributed by atoms with van der Waals surface area (Å²) in [6, 6.07) is 21.0. The lowest BCUT2D eigenvalue weighted by molar-refractivity contribution is -0.124. The highest BCUT2D eigenvalue weighted by Gasteiger charge is 2.13. The molecule has 1 N–H and O–H groups in total. The molecule has 0 heterocycles. The predicted octanol–water partition coefficient (Wildman–Crippen LogP) is 6.39. The van der Waals surface area contributed by atoms with E-state index in [1.165, 1.54) is 5.56 Å². The number of rotatable bonds is 10. The average Bonchev–Trinajstić information content (AvgIpc) is 2.81. The molecule has 0 spiro atoms. The summed E-state index contributed by atoms with van der Waals surface area (Å²) in [5.74, 6) is -0.130. The lowest BCUT2D eigenvalue weighted by Crippen LogP contribution is -2.36. The van der Waals surface area contributed by atoms with Gasteiger partial charge in [0.05, 0.1) is 14.5 Å². The standard InChI is InChI=1S/C27H27Br2NO4/c1-18-14-23(28)26(24(29)15-18)33-16-21-10-12-22(13-11-21)27(32)34-17-25(31)30-19(2)8-9-20-6-4-3-5-7-20/h3-7,10-15,19H,8-9,16-17H2,1-2H3,(H,30,31). The highest BCUT2D eigenvalue weighted by Crippen LogP contribution is 2.35. The second-order valence-corrected chi connectivity index (χ2v) is 9.82. The summed E-state index contributed by atoms with van der Waals surface area (Å²) in [6.45, 7) is 3.98. The number of nitrogens with one attached hydrogen (secondary N) is 1. The van der Waals surface area contributed by atoms with Crippen molar-refractivity contribution < 1.29 is 19.1 Å². The topological polar surface area (TPSA) is 64.6 Å². The molecular weight excluding hydrogens is 562 g/mol. The van der Waals surface area contributed by atoms with Gasteiger partial charge in [-0.2, -0.15) is 0 Å². The maximum Gasteiger partial charge on any atom is 0.338 e. The number of aryl methyl sites for hydroxylation is 2. The Morgan fingerprint density at radius 2 is 1.59 bits per heavy atom. The summed E-state index contributed by atoms with van der Waals surface area (Å²) < 4.78 is 12.8. The molecular formula is C27H27Br2NO4. The predicted molar refractivity (Wildman–Crippen MR) is 140 cm³/mol. The van der Waals surface area contributed by atoms with Gasteiger partial charge in [-0.05, 0) is 99.5 Å². The third kappa shape index (κ3) is 7.99. The fourth-order valence-corrected chi connectivity index (χ4v) is 4.99. The first kappa shape index (κ1) is 26.0. The summed E-state index contributed by atoms with van der Waals surface area (Å²) >= 11 is 7.03. The minimum absolute atomic E-state index is 0.0145. The van der Waals surface area contributed by atoms with Crippen molar-refractivity contribution in [2.24, 2.45) is 0 Å². The summed E-state index contributed by atoms with van der Waals surface area (Å²) in [7, 11) is 0. The number of benzene rings is 3. The first-order chi connectivity index (χ1) is 16.3. The molecule has 0 saturated carbocycles. The van der Waals surface area contributed by atoms with Crippen LogP contribution in [-0.2, 0) is 22.6 Å². The van der Waals surface area contributed by atoms with Crippen molar-refractivity contribution in [3.8, 4) is 5.75 Å². The number of halogens is 2. The third-order valence-corrected chi connectivity index (χ3v) is 6.34. The molecule has 0 aromatic heterocycles. The molecule has 1 atom stereocenters. The van der Waals surface area contributed by atoms with Gasteiger partial charge in [0.2, 0.25) is 0 Å². The van der Waals surface area contributed by atoms with Gasteiger partial charge in [-0.25, -0.2) is 4.79 Å². The average molecular weight is 589 g/mol. The van der Waals surface area contributed by atoms with E-state index in [0.29, 0.717) is 12.2 Å². The number of ether oxygens (including phenoxy) is 2. The summed E-state index contributed by atoms with van der Waals surface area (Å²) in [4.78, 5) is 24.4. The van der Waals surface area contributed by atoms with Crippen LogP contribution in [0.15, 0.2) is 75.7 Å². The molecule has 0 aliphatic heterocycles. The molecule has 3 rings (SSSR count). The Balaban J connectivity index is 1.42. The zero-order chi connectivity index (χ0) is 24.5. The van der Waals surface area contributed by atoms with E-state index >= 15 is 0 Å². The van der Waals surface area contributed by atoms with E-state index < -0.39 is 5.97 Å². The summed E-state index contributed by atoms with van der Waals surface area (Å²) in [5.41, 5.74) is 3.62. The number of esters is 1. The second-order valence-electron chi connectivity index (χ2n) is 8.11. The highest BCUT2D eigenvalue weighted by molar-refractivity contribution is 9.11. The number of amides is 1. The minimum Gasteiger partial charge on any atom is -0.487 e. The van der Waals surface area contributed by atoms with E-state index in [9.17, 15) is 9.59 Å². The van der Waals surface area contributed by atoms with Crippen molar-refractivity contribution in [2.75, 3.05) is 6.61 Å². The highest BCUT2D eigenvalue weighted by atomic mass is 79.9. The molecule has 3 aromatic carbocycles. The van der Waals surface area contributed by atoms with Gasteiger partial charge in [-0.3, -0.25) is 4.79 Å². The molecule has 1 amide bonds. The van der Waals surface area contributed by atoms with Crippen molar-refractivity contribution in [3.63, 3.8) is 0 Å². The fraction of sp³-hybridized carbons (Fsp3) is 0.259. The number of carbonyl (C=O) groups excluding carboxylic acids is 2. The maximum absolute atomic E-state index is 12.3. The maximum atomic E-state index is 12.3. The van der Waals surface area contributed by atoms with E-state index in [1.54, 1.807) is 24.3 Å². The molecule has 0 aliphatic rings. The normalized spacial score (nSPS) is 11.5. The molecule has 0 bridgehead atoms. The molecule has 7 heteroatoms. The van der Waals surface area contributed by atoms with Gasteiger partial charge in [0.15, 0.2) is 6.61 Å². The molecule has 3 aromatic rings. The van der Waals surface area contributed by atoms with Crippen LogP contribution in [0, 0.1) is 6.92 Å². The molecule has 1 unspecified atom stereocenters. The van der Waals surface area contributed by atoms with Crippen LogP contribution in [0.3, 0.4) is 0 Å². The first-order valence-electron chi connectivity index (χ1n) is 11.0. The Hall–Kier alpha value is -2.64. The van der Waals surface area contributed by atoms with Gasteiger partial charge in [0.25, 0.3) is 5.91 Å². The quantitative estimate of drug-likeness (QED) is 0.279. The van der Waals surface area contributed by atoms with Crippen LogP contribution in [0.2, 0.25) is 0 Å². The Kier molecular flexibility index (Phi) is 9.72. The minimum atomic E-state index is -0.538. The number of hydrogen-bond acceptors (Lipinski definition) is 4. The first-order valence-corrected chi connectivity index (χ1v) is 12.6. The van der Waals surface area contributed by atoms with Crippen LogP contribution < -0.4 is 10.1 Å². The Morgan fingerprint density at radius 1 is 0.941 bits per heavy atom. The van der Waals surface area contributed by atoms with Crippen LogP contribution in [0.4, 0.5) is 0 Å². The van der Waals surface area contributed by atoms with Crippen LogP contribution in [0.1, 0.15) is 40.4 Å². The van der Waals surface area contributed by atoms with Gasteiger partial charge >= 0.3 is 5.97 Å². The zero-order valence-corrected chi connectivity index (χ0v) is 22.3. The molecule has 0 fully saturated rings. The van der Waals surface area contributed by atoms with Crippen LogP contribution in [0.5, 0.6) is 5.75 Å². The smallest absolute Gasteiger partial charge is 0.338 e. The van der Waals surface area contributed by atoms with Crippen LogP contribution in [0.25, 0.3) is 0 Å². The Morgan fingerprint density at radius 3 is 2.24 bits per heavy atom. The van der Waals surface area contributed by atoms with Crippen molar-refractivity contribution in [2.45, 2.75) is 39.3 Å². The third-order valence-electron chi connectivity index (χ3n) is 5.17. The van der Waals surface area contributed by atoms with E-state index in [-0.39, 0.29) is 18.6 Å². The second kappa shape index (κ2) is 12.7. The van der Waals surface area contributed by atoms with Crippen molar-refractivity contribution >= 4 is 43.7 Å². The van der Waals surface area contributed by atoms with Crippen LogP contribution >= 0.6 is 31.9 Å². The van der Waals surface area contributed by atoms with E-state index in [0.717, 1.165) is 38.7 Å². The van der Waals surface area contributed by atoms with Crippen LogP contribution in [-0.4, -0.2) is 24.5 Å². The van der Waals surface area contributed by atoms with E-state index in [4.69, 9.17) is 9.47 Å². The SMILES string of the molecule is Cc1cc(Br)c(OCc2ccc(C(=O)OCC(=O)NC(C)CCc3ccccc3)cc2)c(Br)c1. The van der Waals surface area contributed by atoms with Crippen molar-refractivity contribution in [1.29, 1.82) is 0 Å². The zero-order valence-electron chi connectivity index (χ0n) is 19.1. The van der Waals surface area contributed by atoms with Gasteiger partial charge in [-0.1, -0.05) is 42.5 Å². The lowest BCUT2D eigenvalue weighted by atomic mass is 10.1. The molecule has 0 radical (unpaired) electrons.